The topological polar surface area (TPSA) is 67.4 Å². The number of nitrogens with one attached hydrogen (secondary N) is 2. The van der Waals surface area contributed by atoms with Crippen LogP contribution in [0.4, 0.5) is 0 Å². The van der Waals surface area contributed by atoms with Gasteiger partial charge in [0.25, 0.3) is 0 Å². The third kappa shape index (κ3) is 8.91. The molecule has 0 saturated heterocycles. The van der Waals surface area contributed by atoms with Gasteiger partial charge in [-0.25, -0.2) is 0 Å². The van der Waals surface area contributed by atoms with Crippen LogP contribution in [0.2, 0.25) is 0 Å². The molecule has 0 aromatic rings. The lowest BCUT2D eigenvalue weighted by Gasteiger charge is -2.18. The number of hydrogen-bond acceptors (Lipinski definition) is 3. The molecule has 5 heteroatoms. The van der Waals surface area contributed by atoms with E-state index in [9.17, 15) is 9.59 Å². The predicted octanol–water partition coefficient (Wildman–Crippen LogP) is 1.72. The average molecular weight is 286 g/mol. The Morgan fingerprint density at radius 1 is 0.800 bits per heavy atom. The smallest absolute Gasteiger partial charge is 0.225 e. The van der Waals surface area contributed by atoms with E-state index in [0.29, 0.717) is 26.3 Å². The lowest BCUT2D eigenvalue weighted by molar-refractivity contribution is -0.129. The molecule has 2 amide bonds. The third-order valence-electron chi connectivity index (χ3n) is 2.65. The molecule has 0 spiro atoms. The number of rotatable bonds is 7. The van der Waals surface area contributed by atoms with E-state index in [2.05, 4.69) is 10.6 Å². The number of ether oxygens (including phenoxy) is 1. The first-order chi connectivity index (χ1) is 9.05. The molecule has 0 rings (SSSR count). The van der Waals surface area contributed by atoms with Gasteiger partial charge in [0, 0.05) is 30.5 Å². The Bertz CT molecular complexity index is 282. The summed E-state index contributed by atoms with van der Waals surface area (Å²) in [6, 6.07) is 0. The molecule has 0 atom stereocenters. The molecule has 0 fully saturated rings. The molecular formula is C15H30N2O3. The van der Waals surface area contributed by atoms with Crippen molar-refractivity contribution in [1.82, 2.24) is 10.6 Å². The Morgan fingerprint density at radius 2 is 1.25 bits per heavy atom. The van der Waals surface area contributed by atoms with Crippen molar-refractivity contribution in [2.45, 2.75) is 48.0 Å². The summed E-state index contributed by atoms with van der Waals surface area (Å²) < 4.78 is 5.40. The van der Waals surface area contributed by atoms with Crippen molar-refractivity contribution in [3.05, 3.63) is 0 Å². The highest BCUT2D eigenvalue weighted by molar-refractivity contribution is 5.81. The molecule has 0 aliphatic carbocycles. The Morgan fingerprint density at radius 3 is 1.70 bits per heavy atom. The van der Waals surface area contributed by atoms with Crippen LogP contribution in [0.1, 0.15) is 48.0 Å². The molecule has 5 nitrogen and oxygen atoms in total. The maximum Gasteiger partial charge on any atom is 0.225 e. The standard InChI is InChI=1S/C15H30N2O3/c1-14(2,3)12(18)16-8-7-10-20-11-9-17-13(19)15(4,5)6/h7-11H2,1-6H3,(H,16,18)(H,17,19). The van der Waals surface area contributed by atoms with E-state index in [4.69, 9.17) is 4.74 Å². The molecule has 0 aliphatic heterocycles. The second-order valence-corrected chi connectivity index (χ2v) is 6.98. The Kier molecular flexibility index (Phi) is 7.79. The molecule has 0 aromatic heterocycles. The predicted molar refractivity (Wildman–Crippen MR) is 80.4 cm³/mol. The van der Waals surface area contributed by atoms with Crippen LogP contribution in [0.25, 0.3) is 0 Å². The third-order valence-corrected chi connectivity index (χ3v) is 2.65. The fraction of sp³-hybridized carbons (Fsp3) is 0.867. The van der Waals surface area contributed by atoms with Gasteiger partial charge >= 0.3 is 0 Å². The largest absolute Gasteiger partial charge is 0.380 e. The zero-order valence-electron chi connectivity index (χ0n) is 13.8. The van der Waals surface area contributed by atoms with E-state index >= 15 is 0 Å². The summed E-state index contributed by atoms with van der Waals surface area (Å²) in [4.78, 5) is 23.1. The molecule has 2 N–H and O–H groups in total. The Hall–Kier alpha value is -1.10. The monoisotopic (exact) mass is 286 g/mol. The summed E-state index contributed by atoms with van der Waals surface area (Å²) in [6.07, 6.45) is 0.773. The van der Waals surface area contributed by atoms with Gasteiger partial charge in [0.1, 0.15) is 0 Å². The van der Waals surface area contributed by atoms with Crippen LogP contribution in [0, 0.1) is 10.8 Å². The molecular weight excluding hydrogens is 256 g/mol. The minimum Gasteiger partial charge on any atom is -0.380 e. The van der Waals surface area contributed by atoms with Gasteiger partial charge in [-0.2, -0.15) is 0 Å². The normalized spacial score (nSPS) is 12.1. The molecule has 0 saturated carbocycles. The first-order valence-electron chi connectivity index (χ1n) is 7.19. The molecule has 118 valence electrons. The van der Waals surface area contributed by atoms with Crippen LogP contribution in [-0.4, -0.2) is 38.1 Å². The minimum absolute atomic E-state index is 0.0264. The molecule has 0 bridgehead atoms. The van der Waals surface area contributed by atoms with Crippen molar-refractivity contribution >= 4 is 11.8 Å². The first kappa shape index (κ1) is 18.9. The Balaban J connectivity index is 3.47. The molecule has 0 heterocycles. The van der Waals surface area contributed by atoms with Crippen molar-refractivity contribution in [2.24, 2.45) is 10.8 Å². The number of carbonyl (C=O) groups excluding carboxylic acids is 2. The quantitative estimate of drug-likeness (QED) is 0.700. The lowest BCUT2D eigenvalue weighted by atomic mass is 9.96. The van der Waals surface area contributed by atoms with Crippen LogP contribution < -0.4 is 10.6 Å². The summed E-state index contributed by atoms with van der Waals surface area (Å²) in [5.41, 5.74) is -0.713. The van der Waals surface area contributed by atoms with Gasteiger partial charge in [0.2, 0.25) is 11.8 Å². The maximum atomic E-state index is 11.6. The van der Waals surface area contributed by atoms with E-state index in [-0.39, 0.29) is 22.6 Å². The average Bonchev–Trinajstić information content (AvgIpc) is 2.29. The first-order valence-corrected chi connectivity index (χ1v) is 7.19. The fourth-order valence-corrected chi connectivity index (χ4v) is 1.25. The zero-order valence-corrected chi connectivity index (χ0v) is 13.8. The minimum atomic E-state index is -0.364. The van der Waals surface area contributed by atoms with E-state index in [1.165, 1.54) is 0 Å². The zero-order chi connectivity index (χ0) is 15.8. The van der Waals surface area contributed by atoms with Gasteiger partial charge in [-0.05, 0) is 6.42 Å². The van der Waals surface area contributed by atoms with Gasteiger partial charge in [0.15, 0.2) is 0 Å². The van der Waals surface area contributed by atoms with Crippen LogP contribution in [-0.2, 0) is 14.3 Å². The highest BCUT2D eigenvalue weighted by Gasteiger charge is 2.20. The summed E-state index contributed by atoms with van der Waals surface area (Å²) in [5.74, 6) is 0.0773. The number of hydrogen-bond donors (Lipinski definition) is 2. The molecule has 20 heavy (non-hydrogen) atoms. The van der Waals surface area contributed by atoms with Gasteiger partial charge in [-0.3, -0.25) is 9.59 Å². The summed E-state index contributed by atoms with van der Waals surface area (Å²) in [7, 11) is 0. The highest BCUT2D eigenvalue weighted by Crippen LogP contribution is 2.12. The van der Waals surface area contributed by atoms with Crippen LogP contribution in [0.15, 0.2) is 0 Å². The molecule has 0 unspecified atom stereocenters. The van der Waals surface area contributed by atoms with E-state index in [1.807, 2.05) is 41.5 Å². The highest BCUT2D eigenvalue weighted by atomic mass is 16.5. The van der Waals surface area contributed by atoms with Gasteiger partial charge < -0.3 is 15.4 Å². The summed E-state index contributed by atoms with van der Waals surface area (Å²) >= 11 is 0. The van der Waals surface area contributed by atoms with E-state index in [1.54, 1.807) is 0 Å². The van der Waals surface area contributed by atoms with E-state index in [0.717, 1.165) is 6.42 Å². The summed E-state index contributed by atoms with van der Waals surface area (Å²) in [5, 5.41) is 5.68. The van der Waals surface area contributed by atoms with Crippen molar-refractivity contribution < 1.29 is 14.3 Å². The van der Waals surface area contributed by atoms with Gasteiger partial charge in [-0.1, -0.05) is 41.5 Å². The number of amides is 2. The number of carbonyl (C=O) groups is 2. The van der Waals surface area contributed by atoms with Crippen molar-refractivity contribution in [3.63, 3.8) is 0 Å². The molecule has 0 radical (unpaired) electrons. The second-order valence-electron chi connectivity index (χ2n) is 6.98. The molecule has 0 aromatic carbocycles. The van der Waals surface area contributed by atoms with Gasteiger partial charge in [0.05, 0.1) is 6.61 Å². The van der Waals surface area contributed by atoms with Crippen molar-refractivity contribution in [3.8, 4) is 0 Å². The molecule has 0 aliphatic rings. The summed E-state index contributed by atoms with van der Waals surface area (Å²) in [6.45, 7) is 13.5. The van der Waals surface area contributed by atoms with Crippen molar-refractivity contribution in [2.75, 3.05) is 26.3 Å². The van der Waals surface area contributed by atoms with Crippen molar-refractivity contribution in [1.29, 1.82) is 0 Å². The van der Waals surface area contributed by atoms with E-state index < -0.39 is 0 Å². The maximum absolute atomic E-state index is 11.6. The fourth-order valence-electron chi connectivity index (χ4n) is 1.25. The van der Waals surface area contributed by atoms with Crippen LogP contribution >= 0.6 is 0 Å². The second kappa shape index (κ2) is 8.25. The van der Waals surface area contributed by atoms with Crippen LogP contribution in [0.5, 0.6) is 0 Å². The Labute approximate surface area is 122 Å². The van der Waals surface area contributed by atoms with Crippen LogP contribution in [0.3, 0.4) is 0 Å². The van der Waals surface area contributed by atoms with Gasteiger partial charge in [-0.15, -0.1) is 0 Å². The SMILES string of the molecule is CC(C)(C)C(=O)NCCCOCCNC(=O)C(C)(C)C. The lowest BCUT2D eigenvalue weighted by Crippen LogP contribution is -2.37.